The van der Waals surface area contributed by atoms with E-state index in [9.17, 15) is 5.11 Å². The Morgan fingerprint density at radius 1 is 0.875 bits per heavy atom. The second-order valence-corrected chi connectivity index (χ2v) is 8.68. The molecule has 5 heteroatoms. The highest BCUT2D eigenvalue weighted by molar-refractivity contribution is 6.10. The number of aliphatic hydroxyl groups excluding tert-OH is 1. The maximum Gasteiger partial charge on any atom is 0.129 e. The number of para-hydroxylation sites is 2. The molecule has 0 saturated carbocycles. The Bertz CT molecular complexity index is 1150. The summed E-state index contributed by atoms with van der Waals surface area (Å²) in [6.07, 6.45) is 1.66. The molecule has 3 aromatic carbocycles. The molecule has 1 saturated heterocycles. The first-order valence-electron chi connectivity index (χ1n) is 11.5. The van der Waals surface area contributed by atoms with E-state index in [1.165, 1.54) is 0 Å². The lowest BCUT2D eigenvalue weighted by Gasteiger charge is -2.33. The van der Waals surface area contributed by atoms with E-state index in [4.69, 9.17) is 9.47 Å². The largest absolute Gasteiger partial charge is 0.493 e. The lowest BCUT2D eigenvalue weighted by atomic mass is 9.97. The zero-order valence-electron chi connectivity index (χ0n) is 18.2. The highest BCUT2D eigenvalue weighted by Crippen LogP contribution is 2.33. The molecule has 1 aliphatic rings. The average molecular weight is 431 g/mol. The number of likely N-dealkylation sites (tertiary alicyclic amines) is 1. The van der Waals surface area contributed by atoms with Gasteiger partial charge in [-0.15, -0.1) is 0 Å². The maximum absolute atomic E-state index is 10.6. The second kappa shape index (κ2) is 9.63. The number of hydrogen-bond donors (Lipinski definition) is 2. The Balaban J connectivity index is 1.11. The molecule has 1 aliphatic heterocycles. The fourth-order valence-corrected chi connectivity index (χ4v) is 4.59. The monoisotopic (exact) mass is 430 g/mol. The Morgan fingerprint density at radius 3 is 2.47 bits per heavy atom. The van der Waals surface area contributed by atoms with Crippen molar-refractivity contribution in [2.45, 2.75) is 18.9 Å². The van der Waals surface area contributed by atoms with Crippen molar-refractivity contribution in [1.82, 2.24) is 9.88 Å². The second-order valence-electron chi connectivity index (χ2n) is 8.68. The number of β-amino-alcohol motifs (C(OH)–C–C–N with tert-alkyl or cyclic N) is 1. The molecule has 0 aliphatic carbocycles. The normalized spacial score (nSPS) is 16.4. The number of benzene rings is 3. The van der Waals surface area contributed by atoms with Crippen molar-refractivity contribution in [3.8, 4) is 11.5 Å². The quantitative estimate of drug-likeness (QED) is 0.420. The average Bonchev–Trinajstić information content (AvgIpc) is 3.22. The van der Waals surface area contributed by atoms with Crippen LogP contribution in [0.15, 0.2) is 72.8 Å². The molecule has 4 aromatic rings. The van der Waals surface area contributed by atoms with Crippen LogP contribution in [-0.2, 0) is 0 Å². The first-order chi connectivity index (χ1) is 15.8. The minimum absolute atomic E-state index is 0.287. The van der Waals surface area contributed by atoms with Crippen LogP contribution in [0, 0.1) is 5.92 Å². The van der Waals surface area contributed by atoms with Crippen LogP contribution in [0.25, 0.3) is 21.8 Å². The van der Waals surface area contributed by atoms with E-state index < -0.39 is 6.10 Å². The van der Waals surface area contributed by atoms with Crippen molar-refractivity contribution in [2.24, 2.45) is 5.92 Å². The lowest BCUT2D eigenvalue weighted by molar-refractivity contribution is 0.0507. The first kappa shape index (κ1) is 20.9. The number of aromatic amines is 1. The molecule has 2 heterocycles. The van der Waals surface area contributed by atoms with Gasteiger partial charge in [0, 0.05) is 22.8 Å². The zero-order valence-corrected chi connectivity index (χ0v) is 18.2. The molecule has 0 bridgehead atoms. The Morgan fingerprint density at radius 2 is 1.62 bits per heavy atom. The number of nitrogens with zero attached hydrogens (tertiary/aromatic N) is 1. The molecule has 5 nitrogen and oxygen atoms in total. The van der Waals surface area contributed by atoms with Crippen LogP contribution in [0.4, 0.5) is 0 Å². The highest BCUT2D eigenvalue weighted by atomic mass is 16.5. The first-order valence-corrected chi connectivity index (χ1v) is 11.5. The number of rotatable bonds is 8. The minimum atomic E-state index is -0.521. The van der Waals surface area contributed by atoms with Gasteiger partial charge < -0.3 is 24.5 Å². The fourth-order valence-electron chi connectivity index (χ4n) is 4.59. The standard InChI is InChI=1S/C27H30N2O3/c30-21(17-29-15-13-20(14-16-29)18-31-22-7-2-1-3-8-22)19-32-26-12-6-11-25-27(26)23-9-4-5-10-24(23)28-25/h1-12,20-21,28,30H,13-19H2. The molecule has 32 heavy (non-hydrogen) atoms. The summed E-state index contributed by atoms with van der Waals surface area (Å²) in [6.45, 7) is 3.65. The summed E-state index contributed by atoms with van der Waals surface area (Å²) in [5, 5.41) is 12.8. The van der Waals surface area contributed by atoms with Crippen molar-refractivity contribution < 1.29 is 14.6 Å². The predicted octanol–water partition coefficient (Wildman–Crippen LogP) is 4.85. The number of fused-ring (bicyclic) bond motifs is 3. The van der Waals surface area contributed by atoms with Crippen molar-refractivity contribution in [2.75, 3.05) is 32.8 Å². The number of piperidine rings is 1. The van der Waals surface area contributed by atoms with Gasteiger partial charge in [0.05, 0.1) is 12.1 Å². The number of aromatic nitrogens is 1. The summed E-state index contributed by atoms with van der Waals surface area (Å²) >= 11 is 0. The van der Waals surface area contributed by atoms with Gasteiger partial charge in [-0.3, -0.25) is 0 Å². The number of hydrogen-bond acceptors (Lipinski definition) is 4. The minimum Gasteiger partial charge on any atom is -0.493 e. The third-order valence-corrected chi connectivity index (χ3v) is 6.33. The summed E-state index contributed by atoms with van der Waals surface area (Å²) in [6, 6.07) is 24.3. The Hall–Kier alpha value is -3.02. The van der Waals surface area contributed by atoms with Crippen LogP contribution in [0.1, 0.15) is 12.8 Å². The van der Waals surface area contributed by atoms with Crippen molar-refractivity contribution in [3.63, 3.8) is 0 Å². The lowest BCUT2D eigenvalue weighted by Crippen LogP contribution is -2.41. The van der Waals surface area contributed by atoms with E-state index in [1.807, 2.05) is 54.6 Å². The van der Waals surface area contributed by atoms with Gasteiger partial charge in [0.25, 0.3) is 0 Å². The van der Waals surface area contributed by atoms with Crippen LogP contribution < -0.4 is 9.47 Å². The van der Waals surface area contributed by atoms with Crippen LogP contribution in [0.5, 0.6) is 11.5 Å². The molecule has 0 spiro atoms. The van der Waals surface area contributed by atoms with Crippen molar-refractivity contribution >= 4 is 21.8 Å². The molecule has 1 atom stereocenters. The number of H-pyrrole nitrogens is 1. The summed E-state index contributed by atoms with van der Waals surface area (Å²) in [5.41, 5.74) is 2.15. The van der Waals surface area contributed by atoms with E-state index in [0.29, 0.717) is 12.5 Å². The van der Waals surface area contributed by atoms with E-state index in [1.54, 1.807) is 0 Å². The van der Waals surface area contributed by atoms with Crippen LogP contribution in [0.2, 0.25) is 0 Å². The van der Waals surface area contributed by atoms with Gasteiger partial charge in [-0.05, 0) is 62.2 Å². The molecule has 1 aromatic heterocycles. The third kappa shape index (κ3) is 4.74. The van der Waals surface area contributed by atoms with Gasteiger partial charge in [-0.2, -0.15) is 0 Å². The van der Waals surface area contributed by atoms with Gasteiger partial charge >= 0.3 is 0 Å². The molecule has 0 radical (unpaired) electrons. The highest BCUT2D eigenvalue weighted by Gasteiger charge is 2.22. The number of nitrogens with one attached hydrogen (secondary N) is 1. The topological polar surface area (TPSA) is 57.7 Å². The number of aliphatic hydroxyl groups is 1. The molecule has 0 amide bonds. The van der Waals surface area contributed by atoms with Gasteiger partial charge in [-0.1, -0.05) is 42.5 Å². The van der Waals surface area contributed by atoms with E-state index in [0.717, 1.165) is 65.8 Å². The smallest absolute Gasteiger partial charge is 0.129 e. The SMILES string of the molecule is OC(COc1cccc2[nH]c3ccccc3c12)CN1CCC(COc2ccccc2)CC1. The predicted molar refractivity (Wildman–Crippen MR) is 128 cm³/mol. The van der Waals surface area contributed by atoms with Crippen LogP contribution in [-0.4, -0.2) is 53.9 Å². The third-order valence-electron chi connectivity index (χ3n) is 6.33. The summed E-state index contributed by atoms with van der Waals surface area (Å²) in [5.74, 6) is 2.32. The summed E-state index contributed by atoms with van der Waals surface area (Å²) in [7, 11) is 0. The molecule has 2 N–H and O–H groups in total. The Kier molecular flexibility index (Phi) is 6.28. The van der Waals surface area contributed by atoms with Crippen LogP contribution >= 0.6 is 0 Å². The van der Waals surface area contributed by atoms with Gasteiger partial charge in [-0.25, -0.2) is 0 Å². The van der Waals surface area contributed by atoms with Gasteiger partial charge in [0.15, 0.2) is 0 Å². The molecule has 5 rings (SSSR count). The van der Waals surface area contributed by atoms with Crippen molar-refractivity contribution in [3.05, 3.63) is 72.8 Å². The zero-order chi connectivity index (χ0) is 21.8. The van der Waals surface area contributed by atoms with Crippen LogP contribution in [0.3, 0.4) is 0 Å². The molecule has 166 valence electrons. The van der Waals surface area contributed by atoms with Gasteiger partial charge in [0.1, 0.15) is 24.2 Å². The summed E-state index contributed by atoms with van der Waals surface area (Å²) < 4.78 is 12.0. The Labute approximate surface area is 188 Å². The fraction of sp³-hybridized carbons (Fsp3) is 0.333. The molecular formula is C27H30N2O3. The molecule has 1 unspecified atom stereocenters. The van der Waals surface area contributed by atoms with E-state index >= 15 is 0 Å². The number of ether oxygens (including phenoxy) is 2. The van der Waals surface area contributed by atoms with E-state index in [2.05, 4.69) is 28.1 Å². The van der Waals surface area contributed by atoms with Gasteiger partial charge in [0.2, 0.25) is 0 Å². The maximum atomic E-state index is 10.6. The summed E-state index contributed by atoms with van der Waals surface area (Å²) in [4.78, 5) is 5.77. The molecular weight excluding hydrogens is 400 g/mol. The molecule has 1 fully saturated rings. The van der Waals surface area contributed by atoms with E-state index in [-0.39, 0.29) is 6.61 Å². The van der Waals surface area contributed by atoms with Crippen molar-refractivity contribution in [1.29, 1.82) is 0 Å².